The fourth-order valence-corrected chi connectivity index (χ4v) is 3.26. The Bertz CT molecular complexity index is 1180. The second kappa shape index (κ2) is 7.64. The fraction of sp³-hybridized carbons (Fsp3) is 0.0833. The number of amides is 1. The van der Waals surface area contributed by atoms with E-state index in [4.69, 9.17) is 15.0 Å². The normalized spacial score (nSPS) is 10.7. The van der Waals surface area contributed by atoms with Gasteiger partial charge in [-0.05, 0) is 54.4 Å². The van der Waals surface area contributed by atoms with Gasteiger partial charge < -0.3 is 15.0 Å². The zero-order chi connectivity index (χ0) is 20.4. The first kappa shape index (κ1) is 18.5. The van der Waals surface area contributed by atoms with E-state index in [2.05, 4.69) is 5.16 Å². The van der Waals surface area contributed by atoms with Gasteiger partial charge in [0.05, 0.1) is 7.11 Å². The van der Waals surface area contributed by atoms with Gasteiger partial charge in [-0.2, -0.15) is 0 Å². The molecule has 0 saturated heterocycles. The maximum atomic E-state index is 11.9. The number of primary amides is 1. The van der Waals surface area contributed by atoms with Crippen LogP contribution >= 0.6 is 0 Å². The van der Waals surface area contributed by atoms with Crippen molar-refractivity contribution in [1.29, 1.82) is 0 Å². The number of rotatable bonds is 5. The van der Waals surface area contributed by atoms with Crippen LogP contribution in [0.4, 0.5) is 0 Å². The lowest BCUT2D eigenvalue weighted by Gasteiger charge is -2.09. The molecule has 1 aromatic heterocycles. The van der Waals surface area contributed by atoms with Crippen molar-refractivity contribution in [2.24, 2.45) is 5.73 Å². The number of aryl methyl sites for hydroxylation is 1. The molecule has 0 spiro atoms. The lowest BCUT2D eigenvalue weighted by Crippen LogP contribution is -2.12. The van der Waals surface area contributed by atoms with Gasteiger partial charge >= 0.3 is 0 Å². The van der Waals surface area contributed by atoms with Gasteiger partial charge in [0.1, 0.15) is 11.4 Å². The van der Waals surface area contributed by atoms with Gasteiger partial charge in [0.15, 0.2) is 5.76 Å². The molecule has 0 bridgehead atoms. The molecular weight excluding hydrogens is 364 g/mol. The minimum absolute atomic E-state index is 0.450. The van der Waals surface area contributed by atoms with Crippen LogP contribution in [-0.2, 0) is 0 Å². The molecule has 2 N–H and O–H groups in total. The van der Waals surface area contributed by atoms with Crippen molar-refractivity contribution in [3.63, 3.8) is 0 Å². The van der Waals surface area contributed by atoms with Crippen LogP contribution in [0.5, 0.6) is 5.75 Å². The van der Waals surface area contributed by atoms with E-state index in [0.717, 1.165) is 33.6 Å². The lowest BCUT2D eigenvalue weighted by molar-refractivity contribution is 0.100. The Hall–Kier alpha value is -3.86. The molecule has 0 fully saturated rings. The minimum atomic E-state index is -0.450. The highest BCUT2D eigenvalue weighted by molar-refractivity contribution is 6.00. The predicted octanol–water partition coefficient (Wildman–Crippen LogP) is 5.09. The zero-order valence-corrected chi connectivity index (χ0v) is 16.2. The summed E-state index contributed by atoms with van der Waals surface area (Å²) in [4.78, 5) is 11.9. The Morgan fingerprint density at radius 2 is 1.69 bits per heavy atom. The molecule has 3 aromatic carbocycles. The zero-order valence-electron chi connectivity index (χ0n) is 16.2. The highest BCUT2D eigenvalue weighted by atomic mass is 16.5. The summed E-state index contributed by atoms with van der Waals surface area (Å²) in [7, 11) is 1.63. The average Bonchev–Trinajstić information content (AvgIpc) is 3.24. The quantitative estimate of drug-likeness (QED) is 0.520. The van der Waals surface area contributed by atoms with Crippen molar-refractivity contribution in [1.82, 2.24) is 5.16 Å². The van der Waals surface area contributed by atoms with E-state index in [0.29, 0.717) is 17.0 Å². The van der Waals surface area contributed by atoms with Crippen molar-refractivity contribution < 1.29 is 14.1 Å². The molecule has 0 unspecified atom stereocenters. The third kappa shape index (κ3) is 3.75. The second-order valence-electron chi connectivity index (χ2n) is 6.80. The smallest absolute Gasteiger partial charge is 0.249 e. The van der Waals surface area contributed by atoms with Crippen molar-refractivity contribution in [3.8, 4) is 39.5 Å². The molecule has 1 heterocycles. The van der Waals surface area contributed by atoms with Crippen LogP contribution in [0.25, 0.3) is 33.7 Å². The van der Waals surface area contributed by atoms with Crippen LogP contribution in [0.3, 0.4) is 0 Å². The molecule has 0 saturated carbocycles. The van der Waals surface area contributed by atoms with E-state index in [9.17, 15) is 4.79 Å². The van der Waals surface area contributed by atoms with E-state index >= 15 is 0 Å². The molecule has 5 heteroatoms. The summed E-state index contributed by atoms with van der Waals surface area (Å²) < 4.78 is 10.7. The van der Waals surface area contributed by atoms with Crippen molar-refractivity contribution >= 4 is 5.91 Å². The van der Waals surface area contributed by atoms with E-state index in [1.54, 1.807) is 13.2 Å². The van der Waals surface area contributed by atoms with Gasteiger partial charge in [0.2, 0.25) is 5.91 Å². The van der Waals surface area contributed by atoms with Crippen LogP contribution in [0.15, 0.2) is 77.3 Å². The summed E-state index contributed by atoms with van der Waals surface area (Å²) in [5.74, 6) is 1.000. The van der Waals surface area contributed by atoms with Crippen molar-refractivity contribution in [2.45, 2.75) is 6.92 Å². The molecule has 0 radical (unpaired) electrons. The van der Waals surface area contributed by atoms with Crippen LogP contribution in [0.2, 0.25) is 0 Å². The first-order chi connectivity index (χ1) is 14.0. The SMILES string of the molecule is COc1ccc(-c2cc(-c3cccc(-c4cc(C)ccc4C(N)=O)c3)no2)cc1. The standard InChI is InChI=1S/C24H20N2O3/c1-15-6-11-20(24(25)27)21(12-15)17-4-3-5-18(13-17)22-14-23(29-26-22)16-7-9-19(28-2)10-8-16/h3-14H,1-2H3,(H2,25,27). The summed E-state index contributed by atoms with van der Waals surface area (Å²) in [5, 5.41) is 4.22. The average molecular weight is 384 g/mol. The Balaban J connectivity index is 1.71. The van der Waals surface area contributed by atoms with Gasteiger partial charge in [0, 0.05) is 22.8 Å². The monoisotopic (exact) mass is 384 g/mol. The molecule has 5 nitrogen and oxygen atoms in total. The molecule has 4 rings (SSSR count). The first-order valence-corrected chi connectivity index (χ1v) is 9.17. The summed E-state index contributed by atoms with van der Waals surface area (Å²) in [6, 6.07) is 22.9. The molecule has 144 valence electrons. The second-order valence-corrected chi connectivity index (χ2v) is 6.80. The third-order valence-electron chi connectivity index (χ3n) is 4.79. The summed E-state index contributed by atoms with van der Waals surface area (Å²) >= 11 is 0. The lowest BCUT2D eigenvalue weighted by atomic mass is 9.95. The number of nitrogens with zero attached hydrogens (tertiary/aromatic N) is 1. The van der Waals surface area contributed by atoms with Crippen LogP contribution in [-0.4, -0.2) is 18.2 Å². The van der Waals surface area contributed by atoms with E-state index < -0.39 is 5.91 Å². The minimum Gasteiger partial charge on any atom is -0.497 e. The third-order valence-corrected chi connectivity index (χ3v) is 4.79. The number of benzene rings is 3. The maximum absolute atomic E-state index is 11.9. The molecule has 29 heavy (non-hydrogen) atoms. The van der Waals surface area contributed by atoms with E-state index in [1.165, 1.54) is 0 Å². The van der Waals surface area contributed by atoms with Gasteiger partial charge in [-0.15, -0.1) is 0 Å². The van der Waals surface area contributed by atoms with Crippen LogP contribution < -0.4 is 10.5 Å². The predicted molar refractivity (Wildman–Crippen MR) is 113 cm³/mol. The summed E-state index contributed by atoms with van der Waals surface area (Å²) in [6.45, 7) is 1.98. The molecule has 0 atom stereocenters. The van der Waals surface area contributed by atoms with Gasteiger partial charge in [0.25, 0.3) is 0 Å². The number of hydrogen-bond acceptors (Lipinski definition) is 4. The molecule has 1 amide bonds. The number of hydrogen-bond donors (Lipinski definition) is 1. The Kier molecular flexibility index (Phi) is 4.87. The number of methoxy groups -OCH3 is 1. The largest absolute Gasteiger partial charge is 0.497 e. The van der Waals surface area contributed by atoms with Crippen LogP contribution in [0.1, 0.15) is 15.9 Å². The number of ether oxygens (including phenoxy) is 1. The first-order valence-electron chi connectivity index (χ1n) is 9.17. The molecule has 0 aliphatic carbocycles. The van der Waals surface area contributed by atoms with Crippen LogP contribution in [0, 0.1) is 6.92 Å². The van der Waals surface area contributed by atoms with E-state index in [-0.39, 0.29) is 0 Å². The number of carbonyl (C=O) groups excluding carboxylic acids is 1. The van der Waals surface area contributed by atoms with Gasteiger partial charge in [-0.25, -0.2) is 0 Å². The van der Waals surface area contributed by atoms with Gasteiger partial charge in [-0.3, -0.25) is 4.79 Å². The Morgan fingerprint density at radius 1 is 0.931 bits per heavy atom. The highest BCUT2D eigenvalue weighted by Crippen LogP contribution is 2.31. The van der Waals surface area contributed by atoms with Crippen molar-refractivity contribution in [3.05, 3.63) is 83.9 Å². The highest BCUT2D eigenvalue weighted by Gasteiger charge is 2.13. The summed E-state index contributed by atoms with van der Waals surface area (Å²) in [5.41, 5.74) is 11.3. The Morgan fingerprint density at radius 3 is 2.41 bits per heavy atom. The number of aromatic nitrogens is 1. The maximum Gasteiger partial charge on any atom is 0.249 e. The molecule has 0 aliphatic heterocycles. The number of carbonyl (C=O) groups is 1. The number of nitrogens with two attached hydrogens (primary N) is 1. The summed E-state index contributed by atoms with van der Waals surface area (Å²) in [6.07, 6.45) is 0. The topological polar surface area (TPSA) is 78.4 Å². The Labute approximate surface area is 168 Å². The van der Waals surface area contributed by atoms with E-state index in [1.807, 2.05) is 73.7 Å². The molecular formula is C24H20N2O3. The fourth-order valence-electron chi connectivity index (χ4n) is 3.26. The molecule has 0 aliphatic rings. The molecule has 4 aromatic rings. The van der Waals surface area contributed by atoms with Gasteiger partial charge in [-0.1, -0.05) is 41.1 Å². The van der Waals surface area contributed by atoms with Crippen molar-refractivity contribution in [2.75, 3.05) is 7.11 Å².